The van der Waals surface area contributed by atoms with E-state index in [-0.39, 0.29) is 20.8 Å². The molecule has 0 aliphatic rings. The van der Waals surface area contributed by atoms with Crippen LogP contribution in [-0.4, -0.2) is 30.0 Å². The SMILES string of the molecule is COC(=O)C(C)NC(=O)c1ncc(Cl)c(Cl)c1Cl. The highest BCUT2D eigenvalue weighted by Gasteiger charge is 2.21. The average Bonchev–Trinajstić information content (AvgIpc) is 2.34. The largest absolute Gasteiger partial charge is 0.467 e. The van der Waals surface area contributed by atoms with Crippen LogP contribution in [0.15, 0.2) is 6.20 Å². The second-order valence-corrected chi connectivity index (χ2v) is 4.46. The molecule has 98 valence electrons. The molecule has 1 unspecified atom stereocenters. The molecule has 1 atom stereocenters. The molecule has 5 nitrogen and oxygen atoms in total. The third kappa shape index (κ3) is 3.25. The maximum atomic E-state index is 11.8. The van der Waals surface area contributed by atoms with Gasteiger partial charge in [0.1, 0.15) is 11.7 Å². The number of nitrogens with zero attached hydrogens (tertiary/aromatic N) is 1. The molecule has 0 spiro atoms. The molecule has 0 fully saturated rings. The lowest BCUT2D eigenvalue weighted by molar-refractivity contribution is -0.142. The summed E-state index contributed by atoms with van der Waals surface area (Å²) in [6, 6.07) is -0.824. The minimum atomic E-state index is -0.824. The van der Waals surface area contributed by atoms with E-state index in [0.717, 1.165) is 0 Å². The van der Waals surface area contributed by atoms with Crippen LogP contribution in [0.5, 0.6) is 0 Å². The Morgan fingerprint density at radius 2 is 1.94 bits per heavy atom. The van der Waals surface area contributed by atoms with Gasteiger partial charge in [-0.3, -0.25) is 4.79 Å². The van der Waals surface area contributed by atoms with Gasteiger partial charge in [-0.1, -0.05) is 34.8 Å². The Bertz CT molecular complexity index is 494. The van der Waals surface area contributed by atoms with Gasteiger partial charge >= 0.3 is 5.97 Å². The normalized spacial score (nSPS) is 11.8. The summed E-state index contributed by atoms with van der Waals surface area (Å²) in [5.41, 5.74) is -0.109. The maximum absolute atomic E-state index is 11.8. The van der Waals surface area contributed by atoms with Gasteiger partial charge in [-0.05, 0) is 6.92 Å². The van der Waals surface area contributed by atoms with Crippen molar-refractivity contribution in [2.45, 2.75) is 13.0 Å². The third-order valence-electron chi connectivity index (χ3n) is 2.03. The van der Waals surface area contributed by atoms with Gasteiger partial charge in [0, 0.05) is 6.20 Å². The molecule has 0 radical (unpaired) electrons. The van der Waals surface area contributed by atoms with Crippen LogP contribution in [0.25, 0.3) is 0 Å². The van der Waals surface area contributed by atoms with Crippen molar-refractivity contribution in [2.75, 3.05) is 7.11 Å². The highest BCUT2D eigenvalue weighted by atomic mass is 35.5. The molecule has 1 heterocycles. The summed E-state index contributed by atoms with van der Waals surface area (Å²) >= 11 is 17.3. The fraction of sp³-hybridized carbons (Fsp3) is 0.300. The number of esters is 1. The minimum absolute atomic E-state index is 0.0317. The van der Waals surface area contributed by atoms with E-state index in [1.807, 2.05) is 0 Å². The van der Waals surface area contributed by atoms with Crippen LogP contribution in [0.2, 0.25) is 15.1 Å². The summed E-state index contributed by atoms with van der Waals surface area (Å²) in [6.45, 7) is 1.47. The molecular formula is C10H9Cl3N2O3. The molecular weight excluding hydrogens is 302 g/mol. The molecule has 1 aromatic heterocycles. The second-order valence-electron chi connectivity index (χ2n) is 3.30. The number of hydrogen-bond acceptors (Lipinski definition) is 4. The van der Waals surface area contributed by atoms with Crippen molar-refractivity contribution in [3.8, 4) is 0 Å². The average molecular weight is 312 g/mol. The Kier molecular flexibility index (Phi) is 5.19. The zero-order chi connectivity index (χ0) is 13.9. The van der Waals surface area contributed by atoms with Crippen LogP contribution in [-0.2, 0) is 9.53 Å². The molecule has 1 aromatic rings. The van der Waals surface area contributed by atoms with Gasteiger partial charge in [0.05, 0.1) is 22.2 Å². The topological polar surface area (TPSA) is 68.3 Å². The van der Waals surface area contributed by atoms with Crippen LogP contribution in [0.4, 0.5) is 0 Å². The third-order valence-corrected chi connectivity index (χ3v) is 3.28. The summed E-state index contributed by atoms with van der Waals surface area (Å²) < 4.78 is 4.47. The summed E-state index contributed by atoms with van der Waals surface area (Å²) in [7, 11) is 1.22. The first-order valence-electron chi connectivity index (χ1n) is 4.76. The number of nitrogens with one attached hydrogen (secondary N) is 1. The molecule has 0 saturated heterocycles. The molecule has 1 N–H and O–H groups in total. The lowest BCUT2D eigenvalue weighted by Gasteiger charge is -2.12. The number of pyridine rings is 1. The van der Waals surface area contributed by atoms with Crippen LogP contribution >= 0.6 is 34.8 Å². The van der Waals surface area contributed by atoms with Gasteiger partial charge < -0.3 is 10.1 Å². The van der Waals surface area contributed by atoms with Crippen molar-refractivity contribution in [1.82, 2.24) is 10.3 Å². The number of methoxy groups -OCH3 is 1. The van der Waals surface area contributed by atoms with Crippen LogP contribution in [0, 0.1) is 0 Å². The zero-order valence-corrected chi connectivity index (χ0v) is 11.7. The molecule has 1 rings (SSSR count). The van der Waals surface area contributed by atoms with E-state index in [9.17, 15) is 9.59 Å². The second kappa shape index (κ2) is 6.22. The Hall–Kier alpha value is -1.04. The van der Waals surface area contributed by atoms with E-state index in [1.54, 1.807) is 0 Å². The number of carbonyl (C=O) groups is 2. The van der Waals surface area contributed by atoms with Crippen molar-refractivity contribution in [1.29, 1.82) is 0 Å². The van der Waals surface area contributed by atoms with Crippen LogP contribution in [0.1, 0.15) is 17.4 Å². The van der Waals surface area contributed by atoms with Crippen molar-refractivity contribution >= 4 is 46.7 Å². The molecule has 1 amide bonds. The molecule has 18 heavy (non-hydrogen) atoms. The van der Waals surface area contributed by atoms with Crippen LogP contribution < -0.4 is 5.32 Å². The van der Waals surface area contributed by atoms with Crippen molar-refractivity contribution in [2.24, 2.45) is 0 Å². The van der Waals surface area contributed by atoms with E-state index in [1.165, 1.54) is 20.2 Å². The Morgan fingerprint density at radius 3 is 2.50 bits per heavy atom. The number of ether oxygens (including phenoxy) is 1. The number of halogens is 3. The Morgan fingerprint density at radius 1 is 1.33 bits per heavy atom. The lowest BCUT2D eigenvalue weighted by Crippen LogP contribution is -2.39. The number of hydrogen-bond donors (Lipinski definition) is 1. The predicted octanol–water partition coefficient (Wildman–Crippen LogP) is 2.33. The van der Waals surface area contributed by atoms with E-state index >= 15 is 0 Å². The summed E-state index contributed by atoms with van der Waals surface area (Å²) in [6.07, 6.45) is 1.20. The first-order chi connectivity index (χ1) is 8.38. The summed E-state index contributed by atoms with van der Waals surface area (Å²) in [4.78, 5) is 26.7. The number of carbonyl (C=O) groups excluding carboxylic acids is 2. The zero-order valence-electron chi connectivity index (χ0n) is 9.46. The van der Waals surface area contributed by atoms with E-state index in [2.05, 4.69) is 15.0 Å². The first-order valence-corrected chi connectivity index (χ1v) is 5.90. The summed E-state index contributed by atoms with van der Waals surface area (Å²) in [5, 5.41) is 2.47. The van der Waals surface area contributed by atoms with Gasteiger partial charge in [-0.25, -0.2) is 9.78 Å². The van der Waals surface area contributed by atoms with Gasteiger partial charge in [0.2, 0.25) is 0 Å². The van der Waals surface area contributed by atoms with Crippen molar-refractivity contribution in [3.63, 3.8) is 0 Å². The predicted molar refractivity (Wildman–Crippen MR) is 68.2 cm³/mol. The highest BCUT2D eigenvalue weighted by molar-refractivity contribution is 6.48. The Balaban J connectivity index is 2.92. The quantitative estimate of drug-likeness (QED) is 0.870. The number of rotatable bonds is 3. The minimum Gasteiger partial charge on any atom is -0.467 e. The van der Waals surface area contributed by atoms with Crippen molar-refractivity contribution < 1.29 is 14.3 Å². The number of aromatic nitrogens is 1. The molecule has 0 aliphatic heterocycles. The van der Waals surface area contributed by atoms with Gasteiger partial charge in [0.15, 0.2) is 0 Å². The lowest BCUT2D eigenvalue weighted by atomic mass is 10.3. The maximum Gasteiger partial charge on any atom is 0.328 e. The standard InChI is InChI=1S/C10H9Cl3N2O3/c1-4(10(17)18-2)15-9(16)8-7(13)6(12)5(11)3-14-8/h3-4H,1-2H3,(H,15,16). The first kappa shape index (κ1) is 15.0. The number of amides is 1. The molecule has 0 aliphatic carbocycles. The van der Waals surface area contributed by atoms with E-state index in [0.29, 0.717) is 0 Å². The van der Waals surface area contributed by atoms with Gasteiger partial charge in [0.25, 0.3) is 5.91 Å². The molecule has 8 heteroatoms. The fourth-order valence-corrected chi connectivity index (χ4v) is 1.67. The monoisotopic (exact) mass is 310 g/mol. The Labute approximate surface area is 118 Å². The fourth-order valence-electron chi connectivity index (χ4n) is 1.10. The van der Waals surface area contributed by atoms with Crippen LogP contribution in [0.3, 0.4) is 0 Å². The molecule has 0 bridgehead atoms. The van der Waals surface area contributed by atoms with E-state index < -0.39 is 17.9 Å². The van der Waals surface area contributed by atoms with Crippen molar-refractivity contribution in [3.05, 3.63) is 27.0 Å². The highest BCUT2D eigenvalue weighted by Crippen LogP contribution is 2.30. The smallest absolute Gasteiger partial charge is 0.328 e. The van der Waals surface area contributed by atoms with Gasteiger partial charge in [-0.2, -0.15) is 0 Å². The summed E-state index contributed by atoms with van der Waals surface area (Å²) in [5.74, 6) is -1.23. The molecule has 0 aromatic carbocycles. The molecule has 0 saturated carbocycles. The van der Waals surface area contributed by atoms with Gasteiger partial charge in [-0.15, -0.1) is 0 Å². The van der Waals surface area contributed by atoms with E-state index in [4.69, 9.17) is 34.8 Å².